The van der Waals surface area contributed by atoms with Crippen LogP contribution >= 0.6 is 39.0 Å². The number of hydrogen-bond donors (Lipinski definition) is 1. The molecule has 4 heteroatoms. The first-order valence-electron chi connectivity index (χ1n) is 5.80. The lowest BCUT2D eigenvalue weighted by molar-refractivity contribution is 0.575. The average molecular weight is 322 g/mol. The summed E-state index contributed by atoms with van der Waals surface area (Å²) in [5.41, 5.74) is 0. The van der Waals surface area contributed by atoms with Gasteiger partial charge < -0.3 is 5.32 Å². The van der Waals surface area contributed by atoms with E-state index in [1.54, 1.807) is 0 Å². The van der Waals surface area contributed by atoms with Gasteiger partial charge in [0.2, 0.25) is 0 Å². The van der Waals surface area contributed by atoms with Crippen molar-refractivity contribution in [2.75, 3.05) is 18.1 Å². The number of thiophene rings is 1. The predicted octanol–water partition coefficient (Wildman–Crippen LogP) is 4.17. The van der Waals surface area contributed by atoms with Crippen molar-refractivity contribution in [1.29, 1.82) is 0 Å². The first-order chi connectivity index (χ1) is 7.77. The Kier molecular flexibility index (Phi) is 7.79. The van der Waals surface area contributed by atoms with Crippen LogP contribution in [0.5, 0.6) is 0 Å². The molecule has 0 saturated heterocycles. The van der Waals surface area contributed by atoms with E-state index in [4.69, 9.17) is 0 Å². The van der Waals surface area contributed by atoms with Gasteiger partial charge in [0.1, 0.15) is 0 Å². The van der Waals surface area contributed by atoms with Crippen LogP contribution in [0.4, 0.5) is 0 Å². The fourth-order valence-electron chi connectivity index (χ4n) is 1.54. The van der Waals surface area contributed by atoms with E-state index < -0.39 is 0 Å². The molecule has 92 valence electrons. The molecule has 0 aliphatic heterocycles. The van der Waals surface area contributed by atoms with Gasteiger partial charge in [-0.2, -0.15) is 11.8 Å². The molecule has 0 amide bonds. The SMILES string of the molecule is CCCSCC(Cc1sccc1Br)NCC. The van der Waals surface area contributed by atoms with Gasteiger partial charge in [-0.1, -0.05) is 13.8 Å². The molecule has 0 aliphatic carbocycles. The summed E-state index contributed by atoms with van der Waals surface area (Å²) in [6.07, 6.45) is 2.41. The van der Waals surface area contributed by atoms with Crippen molar-refractivity contribution in [3.05, 3.63) is 20.8 Å². The van der Waals surface area contributed by atoms with Crippen molar-refractivity contribution in [3.63, 3.8) is 0 Å². The minimum Gasteiger partial charge on any atom is -0.313 e. The van der Waals surface area contributed by atoms with E-state index in [1.165, 1.54) is 27.3 Å². The predicted molar refractivity (Wildman–Crippen MR) is 80.8 cm³/mol. The highest BCUT2D eigenvalue weighted by Gasteiger charge is 2.11. The molecule has 1 nitrogen and oxygen atoms in total. The Balaban J connectivity index is 2.41. The fraction of sp³-hybridized carbons (Fsp3) is 0.667. The molecule has 0 radical (unpaired) electrons. The first kappa shape index (κ1) is 14.6. The molecule has 0 saturated carbocycles. The maximum absolute atomic E-state index is 3.60. The lowest BCUT2D eigenvalue weighted by Crippen LogP contribution is -2.33. The Morgan fingerprint density at radius 2 is 2.31 bits per heavy atom. The Hall–Kier alpha value is 0.490. The lowest BCUT2D eigenvalue weighted by atomic mass is 10.2. The van der Waals surface area contributed by atoms with Gasteiger partial charge in [-0.3, -0.25) is 0 Å². The zero-order valence-electron chi connectivity index (χ0n) is 9.96. The van der Waals surface area contributed by atoms with Gasteiger partial charge in [0.25, 0.3) is 0 Å². The lowest BCUT2D eigenvalue weighted by Gasteiger charge is -2.16. The Bertz CT molecular complexity index is 288. The second-order valence-corrected chi connectivity index (χ2v) is 6.73. The number of thioether (sulfide) groups is 1. The van der Waals surface area contributed by atoms with E-state index >= 15 is 0 Å². The number of halogens is 1. The third-order valence-electron chi connectivity index (χ3n) is 2.28. The summed E-state index contributed by atoms with van der Waals surface area (Å²) in [7, 11) is 0. The molecule has 0 spiro atoms. The van der Waals surface area contributed by atoms with E-state index in [-0.39, 0.29) is 0 Å². The maximum atomic E-state index is 3.60. The van der Waals surface area contributed by atoms with Crippen LogP contribution in [-0.4, -0.2) is 24.1 Å². The van der Waals surface area contributed by atoms with Crippen LogP contribution in [0, 0.1) is 0 Å². The molecular weight excluding hydrogens is 302 g/mol. The van der Waals surface area contributed by atoms with Crippen molar-refractivity contribution in [1.82, 2.24) is 5.32 Å². The van der Waals surface area contributed by atoms with Crippen LogP contribution in [0.3, 0.4) is 0 Å². The smallest absolute Gasteiger partial charge is 0.0314 e. The largest absolute Gasteiger partial charge is 0.313 e. The van der Waals surface area contributed by atoms with E-state index in [9.17, 15) is 0 Å². The summed E-state index contributed by atoms with van der Waals surface area (Å²) in [6.45, 7) is 5.48. The summed E-state index contributed by atoms with van der Waals surface area (Å²) < 4.78 is 1.26. The molecular formula is C12H20BrNS2. The fourth-order valence-corrected chi connectivity index (χ4v) is 4.11. The van der Waals surface area contributed by atoms with Crippen LogP contribution in [0.15, 0.2) is 15.9 Å². The van der Waals surface area contributed by atoms with Crippen LogP contribution in [-0.2, 0) is 6.42 Å². The first-order valence-corrected chi connectivity index (χ1v) is 8.63. The van der Waals surface area contributed by atoms with Gasteiger partial charge >= 0.3 is 0 Å². The molecule has 0 fully saturated rings. The minimum absolute atomic E-state index is 0.608. The molecule has 1 aromatic rings. The molecule has 1 N–H and O–H groups in total. The summed E-state index contributed by atoms with van der Waals surface area (Å²) in [4.78, 5) is 1.46. The quantitative estimate of drug-likeness (QED) is 0.721. The minimum atomic E-state index is 0.608. The Morgan fingerprint density at radius 3 is 2.88 bits per heavy atom. The highest BCUT2D eigenvalue weighted by molar-refractivity contribution is 9.10. The highest BCUT2D eigenvalue weighted by atomic mass is 79.9. The molecule has 0 aromatic carbocycles. The number of hydrogen-bond acceptors (Lipinski definition) is 3. The zero-order chi connectivity index (χ0) is 11.8. The number of rotatable bonds is 8. The molecule has 1 aromatic heterocycles. The van der Waals surface area contributed by atoms with Gasteiger partial charge in [-0.15, -0.1) is 11.3 Å². The molecule has 1 unspecified atom stereocenters. The van der Waals surface area contributed by atoms with Crippen molar-refractivity contribution < 1.29 is 0 Å². The molecule has 1 rings (SSSR count). The van der Waals surface area contributed by atoms with E-state index in [1.807, 2.05) is 11.3 Å². The van der Waals surface area contributed by atoms with Crippen LogP contribution in [0.2, 0.25) is 0 Å². The van der Waals surface area contributed by atoms with Gasteiger partial charge in [0, 0.05) is 21.1 Å². The normalized spacial score (nSPS) is 12.9. The summed E-state index contributed by atoms with van der Waals surface area (Å²) in [5, 5.41) is 5.73. The number of nitrogens with one attached hydrogen (secondary N) is 1. The van der Waals surface area contributed by atoms with Crippen molar-refractivity contribution in [2.45, 2.75) is 32.7 Å². The molecule has 16 heavy (non-hydrogen) atoms. The number of likely N-dealkylation sites (N-methyl/N-ethyl adjacent to an activating group) is 1. The van der Waals surface area contributed by atoms with Gasteiger partial charge in [-0.05, 0) is 52.5 Å². The third kappa shape index (κ3) is 5.21. The maximum Gasteiger partial charge on any atom is 0.0314 e. The van der Waals surface area contributed by atoms with E-state index in [0.29, 0.717) is 6.04 Å². The monoisotopic (exact) mass is 321 g/mol. The second-order valence-electron chi connectivity index (χ2n) is 3.73. The molecule has 1 heterocycles. The van der Waals surface area contributed by atoms with E-state index in [0.717, 1.165) is 13.0 Å². The van der Waals surface area contributed by atoms with Gasteiger partial charge in [0.05, 0.1) is 0 Å². The van der Waals surface area contributed by atoms with Crippen LogP contribution in [0.25, 0.3) is 0 Å². The van der Waals surface area contributed by atoms with Gasteiger partial charge in [0.15, 0.2) is 0 Å². The zero-order valence-corrected chi connectivity index (χ0v) is 13.2. The van der Waals surface area contributed by atoms with Crippen molar-refractivity contribution in [2.24, 2.45) is 0 Å². The molecule has 1 atom stereocenters. The summed E-state index contributed by atoms with van der Waals surface area (Å²) in [5.74, 6) is 2.49. The van der Waals surface area contributed by atoms with Crippen molar-refractivity contribution >= 4 is 39.0 Å². The topological polar surface area (TPSA) is 12.0 Å². The molecule has 0 aliphatic rings. The van der Waals surface area contributed by atoms with Gasteiger partial charge in [-0.25, -0.2) is 0 Å². The summed E-state index contributed by atoms with van der Waals surface area (Å²) in [6, 6.07) is 2.75. The second kappa shape index (κ2) is 8.56. The summed E-state index contributed by atoms with van der Waals surface area (Å²) >= 11 is 7.51. The van der Waals surface area contributed by atoms with Crippen LogP contribution in [0.1, 0.15) is 25.1 Å². The third-order valence-corrected chi connectivity index (χ3v) is 5.57. The molecule has 0 bridgehead atoms. The Morgan fingerprint density at radius 1 is 1.50 bits per heavy atom. The van der Waals surface area contributed by atoms with Crippen LogP contribution < -0.4 is 5.32 Å². The highest BCUT2D eigenvalue weighted by Crippen LogP contribution is 2.24. The average Bonchev–Trinajstić information content (AvgIpc) is 2.65. The van der Waals surface area contributed by atoms with Crippen molar-refractivity contribution in [3.8, 4) is 0 Å². The van der Waals surface area contributed by atoms with E-state index in [2.05, 4.69) is 58.3 Å². The standard InChI is InChI=1S/C12H20BrNS2/c1-3-6-15-9-10(14-4-2)8-12-11(13)5-7-16-12/h5,7,10,14H,3-4,6,8-9H2,1-2H3. The Labute approximate surface area is 116 Å².